The molecule has 0 bridgehead atoms. The molecule has 0 aromatic heterocycles. The van der Waals surface area contributed by atoms with Gasteiger partial charge in [-0.1, -0.05) is 54.1 Å². The van der Waals surface area contributed by atoms with Gasteiger partial charge in [-0.2, -0.15) is 0 Å². The molecule has 228 valence electrons. The van der Waals surface area contributed by atoms with Gasteiger partial charge in [0.15, 0.2) is 0 Å². The van der Waals surface area contributed by atoms with Crippen LogP contribution in [-0.4, -0.2) is 52.9 Å². The standard InChI is InChI=1S/C33H27N3O9/c1-20-9-8-14-24(19-20)28(37)34-25-17-15-21(16-18-25)29(38)35-36-30(39)26(44-32(42)22-10-4-2-5-11-22)27(31(40)41)45-33(43)23-12-6-3-7-13-23/h2-19,26-27H,1H3,(H,34,37)(H,35,38)(H,36,39)(H,40,41)/t26-,27+/m1/s1. The van der Waals surface area contributed by atoms with Crippen molar-refractivity contribution in [3.8, 4) is 0 Å². The quantitative estimate of drug-likeness (QED) is 0.155. The molecule has 0 unspecified atom stereocenters. The average molecular weight is 610 g/mol. The fourth-order valence-electron chi connectivity index (χ4n) is 3.97. The Morgan fingerprint density at radius 3 is 1.64 bits per heavy atom. The van der Waals surface area contributed by atoms with E-state index in [9.17, 15) is 33.9 Å². The Morgan fingerprint density at radius 2 is 1.11 bits per heavy atom. The summed E-state index contributed by atoms with van der Waals surface area (Å²) >= 11 is 0. The van der Waals surface area contributed by atoms with Crippen molar-refractivity contribution in [2.75, 3.05) is 5.32 Å². The molecule has 0 fully saturated rings. The number of benzene rings is 4. The summed E-state index contributed by atoms with van der Waals surface area (Å²) in [6.07, 6.45) is -4.49. The number of aryl methyl sites for hydroxylation is 1. The summed E-state index contributed by atoms with van der Waals surface area (Å²) < 4.78 is 10.3. The number of amides is 3. The Bertz CT molecular complexity index is 1710. The van der Waals surface area contributed by atoms with Gasteiger partial charge in [0.1, 0.15) is 0 Å². The minimum absolute atomic E-state index is 0.00700. The van der Waals surface area contributed by atoms with E-state index in [-0.39, 0.29) is 22.6 Å². The fraction of sp³-hybridized carbons (Fsp3) is 0.0909. The third-order valence-corrected chi connectivity index (χ3v) is 6.25. The minimum atomic E-state index is -2.28. The molecule has 4 N–H and O–H groups in total. The molecule has 3 amide bonds. The summed E-state index contributed by atoms with van der Waals surface area (Å²) in [5.74, 6) is -6.40. The molecule has 45 heavy (non-hydrogen) atoms. The summed E-state index contributed by atoms with van der Waals surface area (Å²) in [4.78, 5) is 75.9. The van der Waals surface area contributed by atoms with Crippen molar-refractivity contribution in [1.29, 1.82) is 0 Å². The second kappa shape index (κ2) is 14.7. The lowest BCUT2D eigenvalue weighted by molar-refractivity contribution is -0.159. The van der Waals surface area contributed by atoms with E-state index >= 15 is 0 Å². The number of carbonyl (C=O) groups is 6. The number of esters is 2. The van der Waals surface area contributed by atoms with Gasteiger partial charge in [-0.05, 0) is 67.6 Å². The van der Waals surface area contributed by atoms with Gasteiger partial charge in [0.25, 0.3) is 17.7 Å². The third-order valence-electron chi connectivity index (χ3n) is 6.25. The highest BCUT2D eigenvalue weighted by molar-refractivity contribution is 6.05. The summed E-state index contributed by atoms with van der Waals surface area (Å²) in [7, 11) is 0. The predicted octanol–water partition coefficient (Wildman–Crippen LogP) is 3.54. The molecule has 4 aromatic carbocycles. The molecule has 0 aliphatic rings. The topological polar surface area (TPSA) is 177 Å². The van der Waals surface area contributed by atoms with Crippen LogP contribution in [0.1, 0.15) is 47.0 Å². The van der Waals surface area contributed by atoms with Crippen LogP contribution in [0.5, 0.6) is 0 Å². The van der Waals surface area contributed by atoms with E-state index in [1.807, 2.05) is 18.4 Å². The monoisotopic (exact) mass is 609 g/mol. The first kappa shape index (κ1) is 31.6. The Hall–Kier alpha value is -6.30. The number of carbonyl (C=O) groups excluding carboxylic acids is 5. The van der Waals surface area contributed by atoms with E-state index < -0.39 is 41.9 Å². The number of rotatable bonds is 10. The number of hydrazine groups is 1. The van der Waals surface area contributed by atoms with Crippen LogP contribution < -0.4 is 16.2 Å². The maximum atomic E-state index is 13.1. The van der Waals surface area contributed by atoms with Gasteiger partial charge in [-0.25, -0.2) is 14.4 Å². The van der Waals surface area contributed by atoms with Gasteiger partial charge < -0.3 is 19.9 Å². The number of nitrogens with one attached hydrogen (secondary N) is 3. The molecular weight excluding hydrogens is 582 g/mol. The van der Waals surface area contributed by atoms with Gasteiger partial charge in [0.2, 0.25) is 12.2 Å². The Labute approximate surface area is 256 Å². The summed E-state index contributed by atoms with van der Waals surface area (Å²) in [6, 6.07) is 27.5. The first-order valence-electron chi connectivity index (χ1n) is 13.5. The summed E-state index contributed by atoms with van der Waals surface area (Å²) in [6.45, 7) is 1.86. The molecule has 0 heterocycles. The van der Waals surface area contributed by atoms with Crippen molar-refractivity contribution in [2.45, 2.75) is 19.1 Å². The lowest BCUT2D eigenvalue weighted by Gasteiger charge is -2.23. The van der Waals surface area contributed by atoms with Crippen LogP contribution in [0.2, 0.25) is 0 Å². The van der Waals surface area contributed by atoms with E-state index in [1.165, 1.54) is 72.8 Å². The average Bonchev–Trinajstić information content (AvgIpc) is 3.05. The Balaban J connectivity index is 1.45. The van der Waals surface area contributed by atoms with Crippen LogP contribution >= 0.6 is 0 Å². The van der Waals surface area contributed by atoms with Crippen LogP contribution in [-0.2, 0) is 19.1 Å². The number of anilines is 1. The van der Waals surface area contributed by atoms with Gasteiger partial charge in [-0.3, -0.25) is 25.2 Å². The molecule has 0 saturated heterocycles. The Kier molecular flexibility index (Phi) is 10.4. The second-order valence-corrected chi connectivity index (χ2v) is 9.57. The lowest BCUT2D eigenvalue weighted by atomic mass is 10.1. The number of hydrogen-bond acceptors (Lipinski definition) is 8. The van der Waals surface area contributed by atoms with Crippen molar-refractivity contribution >= 4 is 41.3 Å². The molecular formula is C33H27N3O9. The summed E-state index contributed by atoms with van der Waals surface area (Å²) in [5.41, 5.74) is 5.95. The van der Waals surface area contributed by atoms with Gasteiger partial charge in [-0.15, -0.1) is 0 Å². The molecule has 4 aromatic rings. The van der Waals surface area contributed by atoms with Gasteiger partial charge in [0, 0.05) is 16.8 Å². The molecule has 0 saturated carbocycles. The highest BCUT2D eigenvalue weighted by Crippen LogP contribution is 2.15. The number of hydrogen-bond donors (Lipinski definition) is 4. The number of ether oxygens (including phenoxy) is 2. The number of carboxylic acid groups (broad SMARTS) is 1. The van der Waals surface area contributed by atoms with E-state index in [4.69, 9.17) is 9.47 Å². The smallest absolute Gasteiger partial charge is 0.349 e. The largest absolute Gasteiger partial charge is 0.478 e. The normalized spacial score (nSPS) is 11.7. The fourth-order valence-corrected chi connectivity index (χ4v) is 3.97. The van der Waals surface area contributed by atoms with Crippen LogP contribution in [0.3, 0.4) is 0 Å². The highest BCUT2D eigenvalue weighted by atomic mass is 16.6. The zero-order valence-corrected chi connectivity index (χ0v) is 23.8. The number of aliphatic carboxylic acids is 1. The zero-order valence-electron chi connectivity index (χ0n) is 23.8. The van der Waals surface area contributed by atoms with Crippen LogP contribution in [0, 0.1) is 6.92 Å². The van der Waals surface area contributed by atoms with Crippen molar-refractivity contribution in [2.24, 2.45) is 0 Å². The van der Waals surface area contributed by atoms with Crippen LogP contribution in [0.4, 0.5) is 5.69 Å². The third kappa shape index (κ3) is 8.61. The van der Waals surface area contributed by atoms with Crippen molar-refractivity contribution in [1.82, 2.24) is 10.9 Å². The molecule has 0 aliphatic carbocycles. The molecule has 4 rings (SSSR count). The molecule has 12 heteroatoms. The van der Waals surface area contributed by atoms with E-state index in [2.05, 4.69) is 10.7 Å². The number of carboxylic acids is 1. The first-order valence-corrected chi connectivity index (χ1v) is 13.5. The minimum Gasteiger partial charge on any atom is -0.478 e. The van der Waals surface area contributed by atoms with Crippen molar-refractivity contribution in [3.63, 3.8) is 0 Å². The maximum absolute atomic E-state index is 13.1. The lowest BCUT2D eigenvalue weighted by Crippen LogP contribution is -2.54. The molecule has 0 spiro atoms. The van der Waals surface area contributed by atoms with Crippen LogP contribution in [0.25, 0.3) is 0 Å². The molecule has 2 atom stereocenters. The molecule has 0 aliphatic heterocycles. The van der Waals surface area contributed by atoms with E-state index in [1.54, 1.807) is 30.3 Å². The van der Waals surface area contributed by atoms with Crippen molar-refractivity contribution < 1.29 is 43.3 Å². The van der Waals surface area contributed by atoms with E-state index in [0.29, 0.717) is 11.3 Å². The second-order valence-electron chi connectivity index (χ2n) is 9.57. The Morgan fingerprint density at radius 1 is 0.578 bits per heavy atom. The van der Waals surface area contributed by atoms with Gasteiger partial charge >= 0.3 is 17.9 Å². The first-order chi connectivity index (χ1) is 21.6. The summed E-state index contributed by atoms with van der Waals surface area (Å²) in [5, 5.41) is 12.5. The highest BCUT2D eigenvalue weighted by Gasteiger charge is 2.41. The SMILES string of the molecule is Cc1cccc(C(=O)Nc2ccc(C(=O)NNC(=O)[C@H](OC(=O)c3ccccc3)[C@H](OC(=O)c3ccccc3)C(=O)O)cc2)c1. The maximum Gasteiger partial charge on any atom is 0.349 e. The van der Waals surface area contributed by atoms with Gasteiger partial charge in [0.05, 0.1) is 11.1 Å². The predicted molar refractivity (Wildman–Crippen MR) is 160 cm³/mol. The van der Waals surface area contributed by atoms with Crippen LogP contribution in [0.15, 0.2) is 109 Å². The zero-order chi connectivity index (χ0) is 32.3. The van der Waals surface area contributed by atoms with E-state index in [0.717, 1.165) is 5.56 Å². The molecule has 0 radical (unpaired) electrons. The molecule has 12 nitrogen and oxygen atoms in total. The van der Waals surface area contributed by atoms with Crippen molar-refractivity contribution in [3.05, 3.63) is 137 Å².